The molecule has 0 aromatic heterocycles. The number of halogens is 3. The fourth-order valence-corrected chi connectivity index (χ4v) is 3.14. The van der Waals surface area contributed by atoms with Crippen LogP contribution >= 0.6 is 0 Å². The molecule has 1 unspecified atom stereocenters. The predicted molar refractivity (Wildman–Crippen MR) is 77.6 cm³/mol. The first kappa shape index (κ1) is 14.4. The molecule has 0 radical (unpaired) electrons. The molecule has 0 bridgehead atoms. The van der Waals surface area contributed by atoms with Crippen molar-refractivity contribution in [2.45, 2.75) is 18.6 Å². The first-order chi connectivity index (χ1) is 11.0. The Morgan fingerprint density at radius 2 is 1.83 bits per heavy atom. The molecule has 0 saturated carbocycles. The topological polar surface area (TPSA) is 30.5 Å². The third-order valence-corrected chi connectivity index (χ3v) is 4.24. The number of nitrogens with one attached hydrogen (secondary N) is 1. The summed E-state index contributed by atoms with van der Waals surface area (Å²) in [6.07, 6.45) is -3.54. The van der Waals surface area contributed by atoms with Crippen molar-refractivity contribution in [1.29, 1.82) is 0 Å². The van der Waals surface area contributed by atoms with Gasteiger partial charge < -0.3 is 14.8 Å². The lowest BCUT2D eigenvalue weighted by atomic mass is 9.89. The highest BCUT2D eigenvalue weighted by atomic mass is 19.4. The Balaban J connectivity index is 1.78. The van der Waals surface area contributed by atoms with E-state index in [0.717, 1.165) is 23.6 Å². The van der Waals surface area contributed by atoms with Crippen LogP contribution < -0.4 is 14.8 Å². The highest BCUT2D eigenvalue weighted by Gasteiger charge is 2.32. The van der Waals surface area contributed by atoms with Crippen LogP contribution in [0.2, 0.25) is 0 Å². The summed E-state index contributed by atoms with van der Waals surface area (Å²) in [6.45, 7) is 0.882. The van der Waals surface area contributed by atoms with E-state index in [1.54, 1.807) is 6.07 Å². The van der Waals surface area contributed by atoms with E-state index < -0.39 is 11.7 Å². The van der Waals surface area contributed by atoms with Gasteiger partial charge in [0.2, 0.25) is 6.79 Å². The van der Waals surface area contributed by atoms with Gasteiger partial charge in [0.1, 0.15) is 0 Å². The van der Waals surface area contributed by atoms with Crippen molar-refractivity contribution < 1.29 is 22.6 Å². The molecule has 2 aromatic carbocycles. The fourth-order valence-electron chi connectivity index (χ4n) is 3.14. The maximum atomic E-state index is 13.0. The summed E-state index contributed by atoms with van der Waals surface area (Å²) >= 11 is 0. The summed E-state index contributed by atoms with van der Waals surface area (Å²) in [5.41, 5.74) is 1.99. The van der Waals surface area contributed by atoms with E-state index in [0.29, 0.717) is 23.6 Å². The number of hydrogen-bond acceptors (Lipinski definition) is 3. The lowest BCUT2D eigenvalue weighted by Crippen LogP contribution is -2.30. The van der Waals surface area contributed by atoms with Gasteiger partial charge in [-0.05, 0) is 47.4 Å². The smallest absolute Gasteiger partial charge is 0.416 e. The van der Waals surface area contributed by atoms with Gasteiger partial charge in [0.25, 0.3) is 0 Å². The summed E-state index contributed by atoms with van der Waals surface area (Å²) in [5, 5.41) is 3.30. The summed E-state index contributed by atoms with van der Waals surface area (Å²) in [7, 11) is 0. The Morgan fingerprint density at radius 1 is 1.04 bits per heavy atom. The van der Waals surface area contributed by atoms with Gasteiger partial charge in [-0.15, -0.1) is 0 Å². The largest absolute Gasteiger partial charge is 0.454 e. The van der Waals surface area contributed by atoms with Crippen LogP contribution in [-0.2, 0) is 12.6 Å². The third kappa shape index (κ3) is 2.53. The molecule has 0 fully saturated rings. The minimum absolute atomic E-state index is 0.180. The number of ether oxygens (including phenoxy) is 2. The zero-order valence-electron chi connectivity index (χ0n) is 12.1. The number of rotatable bonds is 1. The van der Waals surface area contributed by atoms with E-state index in [2.05, 4.69) is 5.32 Å². The first-order valence-electron chi connectivity index (χ1n) is 7.35. The molecule has 23 heavy (non-hydrogen) atoms. The second-order valence-corrected chi connectivity index (χ2v) is 5.66. The standard InChI is InChI=1S/C17H14F3NO2/c18-17(19,20)12-3-1-2-11(6-12)16-13-8-15-14(22-9-23-15)7-10(13)4-5-21-16/h1-3,6-8,16,21H,4-5,9H2. The van der Waals surface area contributed by atoms with Crippen molar-refractivity contribution in [2.24, 2.45) is 0 Å². The highest BCUT2D eigenvalue weighted by molar-refractivity contribution is 5.52. The van der Waals surface area contributed by atoms with Gasteiger partial charge in [-0.1, -0.05) is 12.1 Å². The number of benzene rings is 2. The molecule has 6 heteroatoms. The van der Waals surface area contributed by atoms with Crippen LogP contribution in [0.5, 0.6) is 11.5 Å². The Bertz CT molecular complexity index is 758. The maximum Gasteiger partial charge on any atom is 0.416 e. The van der Waals surface area contributed by atoms with Gasteiger partial charge in [-0.25, -0.2) is 0 Å². The fraction of sp³-hybridized carbons (Fsp3) is 0.294. The summed E-state index contributed by atoms with van der Waals surface area (Å²) in [5.74, 6) is 1.35. The van der Waals surface area contributed by atoms with Gasteiger partial charge >= 0.3 is 6.18 Å². The molecule has 2 aromatic rings. The molecule has 3 nitrogen and oxygen atoms in total. The Hall–Kier alpha value is -2.21. The van der Waals surface area contributed by atoms with Crippen LogP contribution in [0.15, 0.2) is 36.4 Å². The Labute approximate surface area is 131 Å². The molecular weight excluding hydrogens is 307 g/mol. The van der Waals surface area contributed by atoms with Crippen molar-refractivity contribution in [3.8, 4) is 11.5 Å². The molecule has 4 rings (SSSR count). The SMILES string of the molecule is FC(F)(F)c1cccc(C2NCCc3cc4c(cc32)OCO4)c1. The molecule has 0 aliphatic carbocycles. The molecule has 2 aliphatic rings. The average Bonchev–Trinajstić information content (AvgIpc) is 2.98. The molecular formula is C17H14F3NO2. The van der Waals surface area contributed by atoms with Crippen LogP contribution in [0.1, 0.15) is 28.3 Å². The van der Waals surface area contributed by atoms with Gasteiger partial charge in [0.05, 0.1) is 11.6 Å². The molecule has 120 valence electrons. The zero-order valence-corrected chi connectivity index (χ0v) is 12.1. The van der Waals surface area contributed by atoms with Gasteiger partial charge in [0, 0.05) is 6.54 Å². The van der Waals surface area contributed by atoms with Crippen molar-refractivity contribution in [2.75, 3.05) is 13.3 Å². The Kier molecular flexibility index (Phi) is 3.23. The normalized spacial score (nSPS) is 19.5. The first-order valence-corrected chi connectivity index (χ1v) is 7.35. The summed E-state index contributed by atoms with van der Waals surface area (Å²) in [4.78, 5) is 0. The molecule has 0 saturated heterocycles. The minimum atomic E-state index is -4.34. The highest BCUT2D eigenvalue weighted by Crippen LogP contribution is 2.40. The lowest BCUT2D eigenvalue weighted by Gasteiger charge is -2.28. The number of alkyl halides is 3. The van der Waals surface area contributed by atoms with Gasteiger partial charge in [0.15, 0.2) is 11.5 Å². The molecule has 0 amide bonds. The molecule has 1 atom stereocenters. The second kappa shape index (κ2) is 5.16. The molecule has 2 heterocycles. The second-order valence-electron chi connectivity index (χ2n) is 5.66. The summed E-state index contributed by atoms with van der Waals surface area (Å²) < 4.78 is 49.6. The van der Waals surface area contributed by atoms with Crippen LogP contribution in [-0.4, -0.2) is 13.3 Å². The van der Waals surface area contributed by atoms with Gasteiger partial charge in [-0.2, -0.15) is 13.2 Å². The molecule has 2 aliphatic heterocycles. The zero-order chi connectivity index (χ0) is 16.0. The van der Waals surface area contributed by atoms with Crippen molar-refractivity contribution in [3.63, 3.8) is 0 Å². The van der Waals surface area contributed by atoms with E-state index in [1.807, 2.05) is 12.1 Å². The van der Waals surface area contributed by atoms with Crippen molar-refractivity contribution in [3.05, 3.63) is 58.7 Å². The monoisotopic (exact) mass is 321 g/mol. The predicted octanol–water partition coefficient (Wildman–Crippen LogP) is 3.67. The number of fused-ring (bicyclic) bond motifs is 2. The minimum Gasteiger partial charge on any atom is -0.454 e. The Morgan fingerprint density at radius 3 is 2.61 bits per heavy atom. The van der Waals surface area contributed by atoms with Gasteiger partial charge in [-0.3, -0.25) is 0 Å². The maximum absolute atomic E-state index is 13.0. The van der Waals surface area contributed by atoms with Crippen molar-refractivity contribution in [1.82, 2.24) is 5.32 Å². The van der Waals surface area contributed by atoms with E-state index in [4.69, 9.17) is 9.47 Å². The van der Waals surface area contributed by atoms with Crippen LogP contribution in [0.4, 0.5) is 13.2 Å². The quantitative estimate of drug-likeness (QED) is 0.869. The third-order valence-electron chi connectivity index (χ3n) is 4.24. The van der Waals surface area contributed by atoms with E-state index in [9.17, 15) is 13.2 Å². The number of hydrogen-bond donors (Lipinski definition) is 1. The van der Waals surface area contributed by atoms with Crippen LogP contribution in [0.25, 0.3) is 0 Å². The van der Waals surface area contributed by atoms with Crippen LogP contribution in [0, 0.1) is 0 Å². The molecule has 1 N–H and O–H groups in total. The van der Waals surface area contributed by atoms with Crippen LogP contribution in [0.3, 0.4) is 0 Å². The van der Waals surface area contributed by atoms with E-state index >= 15 is 0 Å². The molecule has 0 spiro atoms. The lowest BCUT2D eigenvalue weighted by molar-refractivity contribution is -0.137. The summed E-state index contributed by atoms with van der Waals surface area (Å²) in [6, 6.07) is 8.97. The van der Waals surface area contributed by atoms with E-state index in [1.165, 1.54) is 12.1 Å². The van der Waals surface area contributed by atoms with E-state index in [-0.39, 0.29) is 12.8 Å². The van der Waals surface area contributed by atoms with Crippen molar-refractivity contribution >= 4 is 0 Å². The average molecular weight is 321 g/mol.